The molecule has 3 heteroatoms. The van der Waals surface area contributed by atoms with Crippen molar-refractivity contribution in [2.75, 3.05) is 31.9 Å². The van der Waals surface area contributed by atoms with Crippen molar-refractivity contribution >= 4 is 11.8 Å². The van der Waals surface area contributed by atoms with E-state index in [2.05, 4.69) is 36.1 Å². The largest absolute Gasteiger partial charge is 0.329 e. The van der Waals surface area contributed by atoms with Crippen molar-refractivity contribution in [2.45, 2.75) is 24.7 Å². The molecular formula is C15H24N2S. The number of aryl methyl sites for hydroxylation is 1. The third-order valence-corrected chi connectivity index (χ3v) is 4.90. The van der Waals surface area contributed by atoms with Crippen LogP contribution in [0.25, 0.3) is 0 Å². The lowest BCUT2D eigenvalue weighted by Crippen LogP contribution is -2.37. The highest BCUT2D eigenvalue weighted by molar-refractivity contribution is 7.99. The molecule has 0 spiro atoms. The Morgan fingerprint density at radius 1 is 1.22 bits per heavy atom. The minimum Gasteiger partial charge on any atom is -0.329 e. The van der Waals surface area contributed by atoms with E-state index in [1.807, 2.05) is 11.8 Å². The summed E-state index contributed by atoms with van der Waals surface area (Å²) < 4.78 is 0. The number of piperidine rings is 1. The normalized spacial score (nSPS) is 18.1. The van der Waals surface area contributed by atoms with E-state index >= 15 is 0 Å². The fourth-order valence-electron chi connectivity index (χ4n) is 2.41. The van der Waals surface area contributed by atoms with E-state index < -0.39 is 0 Å². The van der Waals surface area contributed by atoms with E-state index in [1.54, 1.807) is 0 Å². The average molecular weight is 264 g/mol. The maximum absolute atomic E-state index is 5.60. The number of likely N-dealkylation sites (tertiary alicyclic amines) is 1. The van der Waals surface area contributed by atoms with Crippen molar-refractivity contribution in [3.63, 3.8) is 0 Å². The molecule has 1 aliphatic rings. The van der Waals surface area contributed by atoms with Gasteiger partial charge in [0.2, 0.25) is 0 Å². The molecule has 0 atom stereocenters. The SMILES string of the molecule is Cc1ccc(SCC2CCN(CCN)CC2)cc1. The summed E-state index contributed by atoms with van der Waals surface area (Å²) in [6.45, 7) is 6.47. The fourth-order valence-corrected chi connectivity index (χ4v) is 3.50. The molecule has 2 N–H and O–H groups in total. The molecule has 1 saturated heterocycles. The summed E-state index contributed by atoms with van der Waals surface area (Å²) >= 11 is 2.01. The molecule has 1 fully saturated rings. The molecule has 0 aliphatic carbocycles. The van der Waals surface area contributed by atoms with Crippen molar-refractivity contribution < 1.29 is 0 Å². The van der Waals surface area contributed by atoms with E-state index in [9.17, 15) is 0 Å². The topological polar surface area (TPSA) is 29.3 Å². The van der Waals surface area contributed by atoms with Crippen molar-refractivity contribution in [1.29, 1.82) is 0 Å². The van der Waals surface area contributed by atoms with Crippen molar-refractivity contribution in [2.24, 2.45) is 11.7 Å². The van der Waals surface area contributed by atoms with Gasteiger partial charge in [0.25, 0.3) is 0 Å². The van der Waals surface area contributed by atoms with Crippen LogP contribution in [0.5, 0.6) is 0 Å². The van der Waals surface area contributed by atoms with Gasteiger partial charge in [-0.3, -0.25) is 0 Å². The van der Waals surface area contributed by atoms with Gasteiger partial charge in [-0.1, -0.05) is 17.7 Å². The van der Waals surface area contributed by atoms with Gasteiger partial charge in [-0.15, -0.1) is 11.8 Å². The van der Waals surface area contributed by atoms with Crippen molar-refractivity contribution in [3.8, 4) is 0 Å². The molecule has 0 aromatic heterocycles. The predicted octanol–water partition coefficient (Wildman–Crippen LogP) is 2.76. The molecule has 0 saturated carbocycles. The quantitative estimate of drug-likeness (QED) is 0.829. The van der Waals surface area contributed by atoms with Crippen LogP contribution in [-0.4, -0.2) is 36.8 Å². The molecule has 1 aromatic carbocycles. The first kappa shape index (κ1) is 13.9. The highest BCUT2D eigenvalue weighted by Crippen LogP contribution is 2.26. The number of hydrogen-bond acceptors (Lipinski definition) is 3. The molecular weight excluding hydrogens is 240 g/mol. The first-order chi connectivity index (χ1) is 8.78. The molecule has 0 unspecified atom stereocenters. The summed E-state index contributed by atoms with van der Waals surface area (Å²) in [4.78, 5) is 3.90. The van der Waals surface area contributed by atoms with E-state index in [0.717, 1.165) is 19.0 Å². The zero-order valence-corrected chi connectivity index (χ0v) is 12.1. The number of benzene rings is 1. The molecule has 0 bridgehead atoms. The van der Waals surface area contributed by atoms with Crippen LogP contribution in [0.3, 0.4) is 0 Å². The van der Waals surface area contributed by atoms with Gasteiger partial charge in [-0.25, -0.2) is 0 Å². The van der Waals surface area contributed by atoms with Gasteiger partial charge in [0.05, 0.1) is 0 Å². The maximum Gasteiger partial charge on any atom is 0.0105 e. The summed E-state index contributed by atoms with van der Waals surface area (Å²) in [6, 6.07) is 8.88. The first-order valence-corrected chi connectivity index (χ1v) is 7.88. The second kappa shape index (κ2) is 7.17. The summed E-state index contributed by atoms with van der Waals surface area (Å²) in [6.07, 6.45) is 2.66. The van der Waals surface area contributed by atoms with E-state index in [0.29, 0.717) is 0 Å². The molecule has 1 aromatic rings. The van der Waals surface area contributed by atoms with Crippen molar-refractivity contribution in [3.05, 3.63) is 29.8 Å². The van der Waals surface area contributed by atoms with Crippen LogP contribution in [0, 0.1) is 12.8 Å². The molecule has 2 rings (SSSR count). The minimum atomic E-state index is 0.794. The van der Waals surface area contributed by atoms with Crippen LogP contribution in [-0.2, 0) is 0 Å². The van der Waals surface area contributed by atoms with Crippen LogP contribution in [0.15, 0.2) is 29.2 Å². The third-order valence-electron chi connectivity index (χ3n) is 3.66. The third kappa shape index (κ3) is 4.30. The average Bonchev–Trinajstić information content (AvgIpc) is 2.40. The second-order valence-corrected chi connectivity index (χ2v) is 6.29. The lowest BCUT2D eigenvalue weighted by Gasteiger charge is -2.31. The van der Waals surface area contributed by atoms with Crippen molar-refractivity contribution in [1.82, 2.24) is 4.90 Å². The predicted molar refractivity (Wildman–Crippen MR) is 80.1 cm³/mol. The van der Waals surface area contributed by atoms with E-state index in [1.165, 1.54) is 42.1 Å². The zero-order chi connectivity index (χ0) is 12.8. The molecule has 2 nitrogen and oxygen atoms in total. The number of rotatable bonds is 5. The van der Waals surface area contributed by atoms with Crippen LogP contribution in [0.1, 0.15) is 18.4 Å². The first-order valence-electron chi connectivity index (χ1n) is 6.90. The highest BCUT2D eigenvalue weighted by Gasteiger charge is 2.18. The van der Waals surface area contributed by atoms with Crippen LogP contribution >= 0.6 is 11.8 Å². The molecule has 0 amide bonds. The maximum atomic E-state index is 5.60. The standard InChI is InChI=1S/C15H24N2S/c1-13-2-4-15(5-3-13)18-12-14-6-9-17(10-7-14)11-8-16/h2-5,14H,6-12,16H2,1H3. The fraction of sp³-hybridized carbons (Fsp3) is 0.600. The van der Waals surface area contributed by atoms with Crippen LogP contribution in [0.4, 0.5) is 0 Å². The molecule has 18 heavy (non-hydrogen) atoms. The smallest absolute Gasteiger partial charge is 0.0105 e. The minimum absolute atomic E-state index is 0.794. The van der Waals surface area contributed by atoms with Gasteiger partial charge < -0.3 is 10.6 Å². The summed E-state index contributed by atoms with van der Waals surface area (Å²) in [5.74, 6) is 2.14. The Morgan fingerprint density at radius 2 is 1.89 bits per heavy atom. The summed E-state index contributed by atoms with van der Waals surface area (Å²) in [7, 11) is 0. The Balaban J connectivity index is 1.70. The van der Waals surface area contributed by atoms with Gasteiger partial charge in [-0.2, -0.15) is 0 Å². The molecule has 100 valence electrons. The van der Waals surface area contributed by atoms with Gasteiger partial charge in [0.1, 0.15) is 0 Å². The Morgan fingerprint density at radius 3 is 2.50 bits per heavy atom. The Bertz CT molecular complexity index is 342. The van der Waals surface area contributed by atoms with E-state index in [-0.39, 0.29) is 0 Å². The van der Waals surface area contributed by atoms with E-state index in [4.69, 9.17) is 5.73 Å². The Kier molecular flexibility index (Phi) is 5.54. The number of nitrogens with zero attached hydrogens (tertiary/aromatic N) is 1. The second-order valence-electron chi connectivity index (χ2n) is 5.20. The molecule has 1 heterocycles. The lowest BCUT2D eigenvalue weighted by molar-refractivity contribution is 0.199. The lowest BCUT2D eigenvalue weighted by atomic mass is 9.99. The Labute approximate surface area is 115 Å². The van der Waals surface area contributed by atoms with Gasteiger partial charge in [0, 0.05) is 23.7 Å². The van der Waals surface area contributed by atoms with Gasteiger partial charge >= 0.3 is 0 Å². The highest BCUT2D eigenvalue weighted by atomic mass is 32.2. The van der Waals surface area contributed by atoms with Crippen LogP contribution in [0.2, 0.25) is 0 Å². The number of thioether (sulfide) groups is 1. The summed E-state index contributed by atoms with van der Waals surface area (Å²) in [5.41, 5.74) is 6.94. The molecule has 1 aliphatic heterocycles. The number of nitrogens with two attached hydrogens (primary N) is 1. The van der Waals surface area contributed by atoms with Crippen LogP contribution < -0.4 is 5.73 Å². The molecule has 0 radical (unpaired) electrons. The summed E-state index contributed by atoms with van der Waals surface area (Å²) in [5, 5.41) is 0. The number of hydrogen-bond donors (Lipinski definition) is 1. The zero-order valence-electron chi connectivity index (χ0n) is 11.3. The Hall–Kier alpha value is -0.510. The van der Waals surface area contributed by atoms with Gasteiger partial charge in [0.15, 0.2) is 0 Å². The van der Waals surface area contributed by atoms with Gasteiger partial charge in [-0.05, 0) is 50.9 Å². The monoisotopic (exact) mass is 264 g/mol.